The van der Waals surface area contributed by atoms with E-state index >= 15 is 0 Å². The van der Waals surface area contributed by atoms with Gasteiger partial charge in [0.25, 0.3) is 0 Å². The van der Waals surface area contributed by atoms with Gasteiger partial charge in [-0.2, -0.15) is 0 Å². The molecule has 0 saturated heterocycles. The summed E-state index contributed by atoms with van der Waals surface area (Å²) < 4.78 is 0.788. The van der Waals surface area contributed by atoms with Crippen molar-refractivity contribution in [1.29, 1.82) is 0 Å². The second kappa shape index (κ2) is 18.4. The molecule has 0 spiro atoms. The molecule has 0 saturated carbocycles. The van der Waals surface area contributed by atoms with E-state index in [0.29, 0.717) is 0 Å². The van der Waals surface area contributed by atoms with E-state index in [0.717, 1.165) is 9.28 Å². The van der Waals surface area contributed by atoms with Crippen molar-refractivity contribution in [2.45, 2.75) is 71.1 Å². The number of thioether (sulfide) groups is 1. The van der Waals surface area contributed by atoms with Crippen LogP contribution in [0.3, 0.4) is 0 Å². The quantitative estimate of drug-likeness (QED) is 0.240. The second-order valence-electron chi connectivity index (χ2n) is 4.30. The van der Waals surface area contributed by atoms with Gasteiger partial charge in [-0.25, -0.2) is 0 Å². The Morgan fingerprint density at radius 1 is 0.882 bits per heavy atom. The van der Waals surface area contributed by atoms with Crippen molar-refractivity contribution in [3.8, 4) is 0 Å². The zero-order valence-electron chi connectivity index (χ0n) is 10.5. The topological polar surface area (TPSA) is 0 Å². The fourth-order valence-electron chi connectivity index (χ4n) is 1.75. The molecule has 0 atom stereocenters. The maximum absolute atomic E-state index is 4.89. The van der Waals surface area contributed by atoms with Gasteiger partial charge in [0.1, 0.15) is 3.53 Å². The third-order valence-electron chi connectivity index (χ3n) is 2.72. The first kappa shape index (κ1) is 21.7. The predicted octanol–water partition coefficient (Wildman–Crippen LogP) is 5.21. The van der Waals surface area contributed by atoms with Crippen LogP contribution in [0.25, 0.3) is 0 Å². The number of thiol groups is 1. The first-order chi connectivity index (χ1) is 7.77. The van der Waals surface area contributed by atoms with Gasteiger partial charge in [-0.05, 0) is 12.2 Å². The Morgan fingerprint density at radius 2 is 1.29 bits per heavy atom. The van der Waals surface area contributed by atoms with E-state index in [1.165, 1.54) is 64.2 Å². The molecule has 0 aromatic carbocycles. The minimum atomic E-state index is 0. The van der Waals surface area contributed by atoms with Crippen LogP contribution in [-0.2, 0) is 0 Å². The van der Waals surface area contributed by atoms with Gasteiger partial charge in [-0.3, -0.25) is 0 Å². The van der Waals surface area contributed by atoms with Crippen molar-refractivity contribution in [3.05, 3.63) is 0 Å². The van der Waals surface area contributed by atoms with E-state index in [1.807, 2.05) is 0 Å². The summed E-state index contributed by atoms with van der Waals surface area (Å²) in [7, 11) is 0. The molecule has 0 fully saturated rings. The van der Waals surface area contributed by atoms with Crippen LogP contribution in [0.2, 0.25) is 0 Å². The summed E-state index contributed by atoms with van der Waals surface area (Å²) in [6.07, 6.45) is 14.0. The second-order valence-corrected chi connectivity index (χ2v) is 7.12. The molecule has 0 heterocycles. The normalized spacial score (nSPS) is 10.0. The molecule has 0 rings (SSSR count). The number of hydrogen-bond acceptors (Lipinski definition) is 2. The van der Waals surface area contributed by atoms with Gasteiger partial charge in [-0.1, -0.05) is 76.9 Å². The van der Waals surface area contributed by atoms with Crippen molar-refractivity contribution in [2.75, 3.05) is 5.75 Å². The molecular formula is C13H27KS3. The summed E-state index contributed by atoms with van der Waals surface area (Å²) in [6.45, 7) is 2.27. The fraction of sp³-hybridized carbons (Fsp3) is 0.923. The first-order valence-corrected chi connectivity index (χ1v) is 8.47. The van der Waals surface area contributed by atoms with Crippen LogP contribution in [0.1, 0.15) is 71.1 Å². The van der Waals surface area contributed by atoms with E-state index in [-0.39, 0.29) is 51.4 Å². The van der Waals surface area contributed by atoms with E-state index < -0.39 is 0 Å². The van der Waals surface area contributed by atoms with Crippen LogP contribution in [0.15, 0.2) is 0 Å². The molecule has 98 valence electrons. The minimum absolute atomic E-state index is 0. The monoisotopic (exact) mass is 318 g/mol. The molecule has 0 aliphatic carbocycles. The number of hydrogen-bond donors (Lipinski definition) is 1. The molecule has 0 amide bonds. The van der Waals surface area contributed by atoms with Crippen molar-refractivity contribution >= 4 is 91.5 Å². The van der Waals surface area contributed by atoms with Gasteiger partial charge < -0.3 is 0 Å². The van der Waals surface area contributed by atoms with Crippen LogP contribution >= 0.6 is 36.6 Å². The number of rotatable bonds is 11. The molecule has 17 heavy (non-hydrogen) atoms. The summed E-state index contributed by atoms with van der Waals surface area (Å²) >= 11 is 10.7. The molecular weight excluding hydrogens is 291 g/mol. The SMILES string of the molecule is CCCCCCCCCCCCSC(=S)S.[KH]. The average Bonchev–Trinajstić information content (AvgIpc) is 2.25. The molecule has 0 aliphatic rings. The third-order valence-corrected chi connectivity index (χ3v) is 4.20. The number of unbranched alkanes of at least 4 members (excludes halogenated alkanes) is 9. The Bertz CT molecular complexity index is 163. The van der Waals surface area contributed by atoms with Crippen molar-refractivity contribution in [1.82, 2.24) is 0 Å². The molecule has 0 N–H and O–H groups in total. The van der Waals surface area contributed by atoms with Gasteiger partial charge in [0.05, 0.1) is 0 Å². The Hall–Kier alpha value is 2.43. The molecule has 4 heteroatoms. The fourth-order valence-corrected chi connectivity index (χ4v) is 2.80. The van der Waals surface area contributed by atoms with Crippen molar-refractivity contribution < 1.29 is 0 Å². The van der Waals surface area contributed by atoms with Gasteiger partial charge in [0.2, 0.25) is 0 Å². The number of thiocarbonyl (C=S) groups is 1. The maximum atomic E-state index is 4.89. The van der Waals surface area contributed by atoms with Crippen molar-refractivity contribution in [2.24, 2.45) is 0 Å². The predicted molar refractivity (Wildman–Crippen MR) is 93.0 cm³/mol. The zero-order chi connectivity index (χ0) is 12.1. The van der Waals surface area contributed by atoms with Crippen LogP contribution < -0.4 is 0 Å². The summed E-state index contributed by atoms with van der Waals surface area (Å²) in [5.74, 6) is 1.15. The zero-order valence-corrected chi connectivity index (χ0v) is 13.1. The Balaban J connectivity index is 0. The van der Waals surface area contributed by atoms with Gasteiger partial charge in [0, 0.05) is 0 Å². The van der Waals surface area contributed by atoms with Crippen molar-refractivity contribution in [3.63, 3.8) is 0 Å². The summed E-state index contributed by atoms with van der Waals surface area (Å²) in [5, 5.41) is 0. The van der Waals surface area contributed by atoms with E-state index in [1.54, 1.807) is 11.8 Å². The Labute approximate surface area is 166 Å². The Morgan fingerprint density at radius 3 is 1.71 bits per heavy atom. The van der Waals surface area contributed by atoms with Gasteiger partial charge in [0.15, 0.2) is 0 Å². The summed E-state index contributed by atoms with van der Waals surface area (Å²) in [5.41, 5.74) is 0. The molecule has 0 bridgehead atoms. The summed E-state index contributed by atoms with van der Waals surface area (Å²) in [4.78, 5) is 0. The van der Waals surface area contributed by atoms with Crippen LogP contribution in [0.5, 0.6) is 0 Å². The van der Waals surface area contributed by atoms with E-state index in [4.69, 9.17) is 12.2 Å². The molecule has 0 aromatic rings. The van der Waals surface area contributed by atoms with Crippen LogP contribution in [0, 0.1) is 0 Å². The first-order valence-electron chi connectivity index (χ1n) is 6.63. The Kier molecular flexibility index (Phi) is 23.5. The van der Waals surface area contributed by atoms with Crippen LogP contribution in [-0.4, -0.2) is 60.7 Å². The molecule has 0 unspecified atom stereocenters. The molecule has 0 radical (unpaired) electrons. The molecule has 0 nitrogen and oxygen atoms in total. The third kappa shape index (κ3) is 20.9. The van der Waals surface area contributed by atoms with E-state index in [9.17, 15) is 0 Å². The van der Waals surface area contributed by atoms with E-state index in [2.05, 4.69) is 19.6 Å². The van der Waals surface area contributed by atoms with Crippen LogP contribution in [0.4, 0.5) is 0 Å². The molecule has 0 aromatic heterocycles. The molecule has 0 aliphatic heterocycles. The average molecular weight is 319 g/mol. The van der Waals surface area contributed by atoms with Gasteiger partial charge in [-0.15, -0.1) is 24.4 Å². The van der Waals surface area contributed by atoms with Gasteiger partial charge >= 0.3 is 51.4 Å². The summed E-state index contributed by atoms with van der Waals surface area (Å²) in [6, 6.07) is 0. The standard InChI is InChI=1S/C13H26S3.K.H/c1-2-3-4-5-6-7-8-9-10-11-12-16-13(14)15;;/h2-12H2,1H3,(H,14,15);;.